The van der Waals surface area contributed by atoms with E-state index in [0.717, 1.165) is 17.7 Å². The summed E-state index contributed by atoms with van der Waals surface area (Å²) in [6.45, 7) is 4.65. The molecule has 0 spiro atoms. The third kappa shape index (κ3) is 4.74. The molecule has 2 rings (SSSR count). The predicted octanol–water partition coefficient (Wildman–Crippen LogP) is 3.88. The molecule has 5 heteroatoms. The summed E-state index contributed by atoms with van der Waals surface area (Å²) in [6.07, 6.45) is 4.30. The van der Waals surface area contributed by atoms with E-state index in [2.05, 4.69) is 29.5 Å². The van der Waals surface area contributed by atoms with E-state index in [1.165, 1.54) is 0 Å². The van der Waals surface area contributed by atoms with E-state index in [0.29, 0.717) is 23.2 Å². The third-order valence-electron chi connectivity index (χ3n) is 3.39. The number of aromatic nitrogens is 1. The fourth-order valence-corrected chi connectivity index (χ4v) is 2.04. The summed E-state index contributed by atoms with van der Waals surface area (Å²) < 4.78 is 0. The highest BCUT2D eigenvalue weighted by atomic mass is 35.5. The molecule has 1 aromatic carbocycles. The van der Waals surface area contributed by atoms with Crippen molar-refractivity contribution in [3.63, 3.8) is 0 Å². The van der Waals surface area contributed by atoms with E-state index in [9.17, 15) is 4.79 Å². The smallest absolute Gasteiger partial charge is 0.253 e. The van der Waals surface area contributed by atoms with E-state index < -0.39 is 0 Å². The van der Waals surface area contributed by atoms with E-state index in [-0.39, 0.29) is 5.91 Å². The molecule has 1 amide bonds. The molecule has 1 unspecified atom stereocenters. The van der Waals surface area contributed by atoms with Crippen molar-refractivity contribution >= 4 is 23.2 Å². The molecular formula is C17H20ClN3O. The van der Waals surface area contributed by atoms with Gasteiger partial charge in [-0.1, -0.05) is 30.7 Å². The molecule has 2 N–H and O–H groups in total. The number of nitrogens with zero attached hydrogens (tertiary/aromatic N) is 1. The maximum atomic E-state index is 12.2. The summed E-state index contributed by atoms with van der Waals surface area (Å²) in [5.41, 5.74) is 2.40. The van der Waals surface area contributed by atoms with Crippen LogP contribution < -0.4 is 10.6 Å². The lowest BCUT2D eigenvalue weighted by atomic mass is 10.2. The van der Waals surface area contributed by atoms with E-state index in [1.807, 2.05) is 18.2 Å². The van der Waals surface area contributed by atoms with Crippen LogP contribution in [-0.2, 0) is 6.54 Å². The Bertz CT molecular complexity index is 628. The summed E-state index contributed by atoms with van der Waals surface area (Å²) in [7, 11) is 0. The quantitative estimate of drug-likeness (QED) is 0.850. The van der Waals surface area contributed by atoms with Gasteiger partial charge in [-0.3, -0.25) is 9.78 Å². The number of anilines is 1. The van der Waals surface area contributed by atoms with Crippen LogP contribution in [0.15, 0.2) is 42.7 Å². The first-order valence-electron chi connectivity index (χ1n) is 7.32. The van der Waals surface area contributed by atoms with Gasteiger partial charge in [-0.2, -0.15) is 0 Å². The molecule has 1 heterocycles. The van der Waals surface area contributed by atoms with Gasteiger partial charge in [0.05, 0.1) is 11.3 Å². The fraction of sp³-hybridized carbons (Fsp3) is 0.294. The van der Waals surface area contributed by atoms with Crippen LogP contribution in [0.3, 0.4) is 0 Å². The van der Waals surface area contributed by atoms with Crippen molar-refractivity contribution in [1.29, 1.82) is 0 Å². The number of hydrogen-bond acceptors (Lipinski definition) is 3. The molecule has 0 radical (unpaired) electrons. The zero-order valence-corrected chi connectivity index (χ0v) is 13.5. The zero-order valence-electron chi connectivity index (χ0n) is 12.8. The summed E-state index contributed by atoms with van der Waals surface area (Å²) in [5.74, 6) is -0.143. The molecule has 0 saturated heterocycles. The summed E-state index contributed by atoms with van der Waals surface area (Å²) in [5, 5.41) is 6.87. The predicted molar refractivity (Wildman–Crippen MR) is 90.2 cm³/mol. The number of benzene rings is 1. The van der Waals surface area contributed by atoms with Gasteiger partial charge in [0.25, 0.3) is 5.91 Å². The van der Waals surface area contributed by atoms with Crippen LogP contribution in [0, 0.1) is 0 Å². The average Bonchev–Trinajstić information content (AvgIpc) is 2.54. The van der Waals surface area contributed by atoms with Crippen molar-refractivity contribution in [2.75, 3.05) is 5.32 Å². The number of carbonyl (C=O) groups excluding carboxylic acids is 1. The van der Waals surface area contributed by atoms with E-state index in [1.54, 1.807) is 24.5 Å². The number of pyridine rings is 1. The second-order valence-electron chi connectivity index (χ2n) is 5.23. The summed E-state index contributed by atoms with van der Waals surface area (Å²) in [6, 6.07) is 9.55. The van der Waals surface area contributed by atoms with Gasteiger partial charge in [0.2, 0.25) is 0 Å². The van der Waals surface area contributed by atoms with Crippen LogP contribution in [-0.4, -0.2) is 16.9 Å². The normalized spacial score (nSPS) is 11.8. The molecule has 0 aliphatic heterocycles. The first-order valence-corrected chi connectivity index (χ1v) is 7.70. The van der Waals surface area contributed by atoms with Gasteiger partial charge >= 0.3 is 0 Å². The minimum atomic E-state index is -0.143. The highest BCUT2D eigenvalue weighted by molar-refractivity contribution is 6.30. The second kappa shape index (κ2) is 7.80. The Hall–Kier alpha value is -2.07. The number of nitrogens with one attached hydrogen (secondary N) is 2. The number of halogens is 1. The first-order chi connectivity index (χ1) is 10.6. The number of amides is 1. The van der Waals surface area contributed by atoms with Gasteiger partial charge < -0.3 is 10.6 Å². The van der Waals surface area contributed by atoms with Crippen LogP contribution in [0.4, 0.5) is 5.69 Å². The van der Waals surface area contributed by atoms with Gasteiger partial charge in [0, 0.05) is 30.0 Å². The van der Waals surface area contributed by atoms with Crippen LogP contribution in [0.5, 0.6) is 0 Å². The molecule has 0 bridgehead atoms. The Morgan fingerprint density at radius 2 is 2.00 bits per heavy atom. The molecule has 4 nitrogen and oxygen atoms in total. The SMILES string of the molecule is CCC(C)Nc1cncc(C(=O)NCc2ccc(Cl)cc2)c1. The van der Waals surface area contributed by atoms with Gasteiger partial charge in [-0.15, -0.1) is 0 Å². The summed E-state index contributed by atoms with van der Waals surface area (Å²) >= 11 is 5.84. The molecule has 1 atom stereocenters. The van der Waals surface area contributed by atoms with Crippen molar-refractivity contribution < 1.29 is 4.79 Å². The molecule has 0 fully saturated rings. The van der Waals surface area contributed by atoms with Crippen molar-refractivity contribution in [2.45, 2.75) is 32.9 Å². The molecule has 2 aromatic rings. The lowest BCUT2D eigenvalue weighted by Crippen LogP contribution is -2.23. The number of carbonyl (C=O) groups is 1. The average molecular weight is 318 g/mol. The monoisotopic (exact) mass is 317 g/mol. The van der Waals surface area contributed by atoms with Crippen molar-refractivity contribution in [1.82, 2.24) is 10.3 Å². The topological polar surface area (TPSA) is 54.0 Å². The fourth-order valence-electron chi connectivity index (χ4n) is 1.92. The highest BCUT2D eigenvalue weighted by Crippen LogP contribution is 2.12. The lowest BCUT2D eigenvalue weighted by Gasteiger charge is -2.13. The van der Waals surface area contributed by atoms with Gasteiger partial charge in [-0.25, -0.2) is 0 Å². The molecule has 22 heavy (non-hydrogen) atoms. The third-order valence-corrected chi connectivity index (χ3v) is 3.64. The molecule has 1 aromatic heterocycles. The van der Waals surface area contributed by atoms with Crippen LogP contribution in [0.2, 0.25) is 5.02 Å². The molecule has 0 saturated carbocycles. The lowest BCUT2D eigenvalue weighted by molar-refractivity contribution is 0.0950. The molecule has 0 aliphatic rings. The minimum absolute atomic E-state index is 0.143. The summed E-state index contributed by atoms with van der Waals surface area (Å²) in [4.78, 5) is 16.3. The Kier molecular flexibility index (Phi) is 5.78. The van der Waals surface area contributed by atoms with Gasteiger partial charge in [0.1, 0.15) is 0 Å². The minimum Gasteiger partial charge on any atom is -0.381 e. The van der Waals surface area contributed by atoms with Crippen molar-refractivity contribution in [3.8, 4) is 0 Å². The Labute approximate surface area is 135 Å². The largest absolute Gasteiger partial charge is 0.381 e. The molecule has 116 valence electrons. The van der Waals surface area contributed by atoms with Crippen LogP contribution in [0.1, 0.15) is 36.2 Å². The standard InChI is InChI=1S/C17H20ClN3O/c1-3-12(2)21-16-8-14(10-19-11-16)17(22)20-9-13-4-6-15(18)7-5-13/h4-8,10-12,21H,3,9H2,1-2H3,(H,20,22). The first kappa shape index (κ1) is 16.3. The maximum Gasteiger partial charge on any atom is 0.253 e. The Morgan fingerprint density at radius 1 is 1.27 bits per heavy atom. The molecule has 0 aliphatic carbocycles. The van der Waals surface area contributed by atoms with Crippen molar-refractivity contribution in [3.05, 3.63) is 58.9 Å². The van der Waals surface area contributed by atoms with Gasteiger partial charge in [-0.05, 0) is 37.1 Å². The molecular weight excluding hydrogens is 298 g/mol. The Morgan fingerprint density at radius 3 is 2.68 bits per heavy atom. The van der Waals surface area contributed by atoms with Crippen LogP contribution >= 0.6 is 11.6 Å². The maximum absolute atomic E-state index is 12.2. The Balaban J connectivity index is 1.97. The van der Waals surface area contributed by atoms with E-state index >= 15 is 0 Å². The van der Waals surface area contributed by atoms with Gasteiger partial charge in [0.15, 0.2) is 0 Å². The zero-order chi connectivity index (χ0) is 15.9. The second-order valence-corrected chi connectivity index (χ2v) is 5.66. The van der Waals surface area contributed by atoms with E-state index in [4.69, 9.17) is 11.6 Å². The highest BCUT2D eigenvalue weighted by Gasteiger charge is 2.08. The number of hydrogen-bond donors (Lipinski definition) is 2. The van der Waals surface area contributed by atoms with Crippen LogP contribution in [0.25, 0.3) is 0 Å². The van der Waals surface area contributed by atoms with Crippen molar-refractivity contribution in [2.24, 2.45) is 0 Å². The number of rotatable bonds is 6.